The summed E-state index contributed by atoms with van der Waals surface area (Å²) in [7, 11) is -0.666. The summed E-state index contributed by atoms with van der Waals surface area (Å²) in [6.45, 7) is 6.74. The van der Waals surface area contributed by atoms with Gasteiger partial charge in [0.1, 0.15) is 0 Å². The average molecular weight is 537 g/mol. The summed E-state index contributed by atoms with van der Waals surface area (Å²) in [5, 5.41) is 0.878. The van der Waals surface area contributed by atoms with E-state index in [9.17, 15) is 4.79 Å². The van der Waals surface area contributed by atoms with Crippen LogP contribution in [0.3, 0.4) is 0 Å². The monoisotopic (exact) mass is 538 g/mol. The molecule has 0 aliphatic carbocycles. The van der Waals surface area contributed by atoms with Gasteiger partial charge < -0.3 is 0 Å². The Morgan fingerprint density at radius 1 is 0.600 bits per heavy atom. The second kappa shape index (κ2) is 10.6. The molecule has 4 heteroatoms. The van der Waals surface area contributed by atoms with Crippen molar-refractivity contribution in [1.82, 2.24) is 0 Å². The number of rotatable bonds is 7. The first kappa shape index (κ1) is 25.0. The van der Waals surface area contributed by atoms with Gasteiger partial charge in [0.05, 0.1) is 0 Å². The summed E-state index contributed by atoms with van der Waals surface area (Å²) >= 11 is -3.70. The minimum atomic E-state index is -3.70. The third kappa shape index (κ3) is 4.84. The maximum absolute atomic E-state index is 13.7. The normalized spacial score (nSPS) is 12.6. The van der Waals surface area contributed by atoms with Gasteiger partial charge in [-0.2, -0.15) is 0 Å². The van der Waals surface area contributed by atoms with Crippen LogP contribution in [0.1, 0.15) is 5.56 Å². The van der Waals surface area contributed by atoms with Gasteiger partial charge in [0.25, 0.3) is 0 Å². The summed E-state index contributed by atoms with van der Waals surface area (Å²) in [6, 6.07) is 42.9. The number of ether oxygens (including phenoxy) is 1. The molecule has 4 aromatic carbocycles. The first-order valence-corrected chi connectivity index (χ1v) is 19.7. The van der Waals surface area contributed by atoms with Crippen molar-refractivity contribution in [3.8, 4) is 0 Å². The fourth-order valence-electron chi connectivity index (χ4n) is 5.04. The van der Waals surface area contributed by atoms with Gasteiger partial charge >= 0.3 is 213 Å². The van der Waals surface area contributed by atoms with Crippen LogP contribution in [0, 0.1) is 0 Å². The summed E-state index contributed by atoms with van der Waals surface area (Å²) in [5.74, 6) is -0.208. The molecule has 0 aliphatic heterocycles. The molecule has 0 unspecified atom stereocenters. The fraction of sp³-hybridized carbons (Fsp3) is 0.129. The van der Waals surface area contributed by atoms with Crippen LogP contribution in [0.5, 0.6) is 0 Å². The van der Waals surface area contributed by atoms with E-state index in [4.69, 9.17) is 4.74 Å². The van der Waals surface area contributed by atoms with Gasteiger partial charge in [-0.15, -0.1) is 0 Å². The quantitative estimate of drug-likeness (QED) is 0.184. The third-order valence-electron chi connectivity index (χ3n) is 6.45. The number of hydrogen-bond acceptors (Lipinski definition) is 2. The molecule has 0 fully saturated rings. The molecule has 0 amide bonds. The van der Waals surface area contributed by atoms with Gasteiger partial charge in [0.15, 0.2) is 0 Å². The summed E-state index contributed by atoms with van der Waals surface area (Å²) in [4.78, 5) is 13.7. The Morgan fingerprint density at radius 3 is 1.26 bits per heavy atom. The number of hydrogen-bond donors (Lipinski definition) is 0. The molecule has 0 atom stereocenters. The van der Waals surface area contributed by atoms with E-state index >= 15 is 0 Å². The molecule has 0 bridgehead atoms. The van der Waals surface area contributed by atoms with Crippen LogP contribution >= 0.6 is 0 Å². The topological polar surface area (TPSA) is 26.3 Å². The second-order valence-electron chi connectivity index (χ2n) is 9.71. The van der Waals surface area contributed by atoms with Crippen LogP contribution in [-0.2, 0) is 9.53 Å². The Morgan fingerprint density at radius 2 is 0.943 bits per heavy atom. The molecule has 4 rings (SSSR count). The number of carbonyl (C=O) groups excluding carboxylic acids is 1. The van der Waals surface area contributed by atoms with E-state index in [2.05, 4.69) is 135 Å². The summed E-state index contributed by atoms with van der Waals surface area (Å²) in [5.41, 5.74) is 1.10. The SMILES string of the molecule is COC(=O)/C(=[C](/c1ccccc1)[Ge]([c]1ccccc1)([c]1ccccc1)[c]1ccccc1)[Si](C)(C)C. The van der Waals surface area contributed by atoms with E-state index < -0.39 is 21.3 Å². The maximum atomic E-state index is 13.7. The van der Waals surface area contributed by atoms with Gasteiger partial charge in [-0.1, -0.05) is 0 Å². The molecule has 4 aromatic rings. The zero-order chi connectivity index (χ0) is 24.9. The number of esters is 1. The van der Waals surface area contributed by atoms with Gasteiger partial charge in [-0.25, -0.2) is 0 Å². The molecular weight excluding hydrogens is 505 g/mol. The fourth-order valence-corrected chi connectivity index (χ4v) is 20.5. The van der Waals surface area contributed by atoms with Crippen molar-refractivity contribution in [1.29, 1.82) is 0 Å². The van der Waals surface area contributed by atoms with Crippen LogP contribution in [0.25, 0.3) is 4.41 Å². The van der Waals surface area contributed by atoms with Crippen LogP contribution in [0.15, 0.2) is 127 Å². The Labute approximate surface area is 212 Å². The molecular formula is C31H32GeO2Si. The second-order valence-corrected chi connectivity index (χ2v) is 22.5. The Balaban J connectivity index is 2.33. The van der Waals surface area contributed by atoms with Crippen molar-refractivity contribution in [2.45, 2.75) is 19.6 Å². The van der Waals surface area contributed by atoms with Crippen LogP contribution < -0.4 is 13.2 Å². The molecule has 0 aromatic heterocycles. The predicted octanol–water partition coefficient (Wildman–Crippen LogP) is 5.20. The molecule has 0 heterocycles. The molecule has 0 N–H and O–H groups in total. The van der Waals surface area contributed by atoms with Crippen molar-refractivity contribution < 1.29 is 9.53 Å². The van der Waals surface area contributed by atoms with Gasteiger partial charge in [0.2, 0.25) is 0 Å². The minimum absolute atomic E-state index is 0.208. The first-order valence-electron chi connectivity index (χ1n) is 12.0. The molecule has 0 spiro atoms. The molecule has 0 aliphatic rings. The third-order valence-corrected chi connectivity index (χ3v) is 19.2. The number of benzene rings is 4. The Kier molecular flexibility index (Phi) is 7.58. The zero-order valence-electron chi connectivity index (χ0n) is 20.9. The van der Waals surface area contributed by atoms with Crippen molar-refractivity contribution in [3.63, 3.8) is 0 Å². The van der Waals surface area contributed by atoms with Gasteiger partial charge in [-0.3, -0.25) is 0 Å². The van der Waals surface area contributed by atoms with Crippen molar-refractivity contribution >= 4 is 44.9 Å². The van der Waals surface area contributed by atoms with Crippen LogP contribution in [0.4, 0.5) is 0 Å². The predicted molar refractivity (Wildman–Crippen MR) is 153 cm³/mol. The summed E-state index contributed by atoms with van der Waals surface area (Å²) < 4.78 is 10.6. The molecule has 0 saturated heterocycles. The first-order chi connectivity index (χ1) is 16.9. The number of methoxy groups -OCH3 is 1. The van der Waals surface area contributed by atoms with E-state index in [-0.39, 0.29) is 5.97 Å². The Bertz CT molecular complexity index is 1200. The summed E-state index contributed by atoms with van der Waals surface area (Å²) in [6.07, 6.45) is 0. The number of carbonyl (C=O) groups is 1. The average Bonchev–Trinajstić information content (AvgIpc) is 2.90. The van der Waals surface area contributed by atoms with E-state index in [0.29, 0.717) is 0 Å². The molecule has 0 saturated carbocycles. The van der Waals surface area contributed by atoms with Crippen LogP contribution in [0.2, 0.25) is 19.6 Å². The Hall–Kier alpha value is -3.15. The van der Waals surface area contributed by atoms with Crippen LogP contribution in [-0.4, -0.2) is 34.4 Å². The molecule has 176 valence electrons. The van der Waals surface area contributed by atoms with Crippen molar-refractivity contribution in [3.05, 3.63) is 132 Å². The van der Waals surface area contributed by atoms with Crippen molar-refractivity contribution in [2.75, 3.05) is 7.11 Å². The standard InChI is InChI=1S/C31H32GeO2Si/c1-34-31(33)30(35(2,3)4)29(25-17-9-5-10-18-25)32(26-19-11-6-12-20-26,27-21-13-7-14-22-27)28-23-15-8-16-24-28/h5-24H,1-4H3/b30-29+. The van der Waals surface area contributed by atoms with Gasteiger partial charge in [0, 0.05) is 0 Å². The molecule has 2 nitrogen and oxygen atoms in total. The van der Waals surface area contributed by atoms with Gasteiger partial charge in [-0.05, 0) is 0 Å². The van der Waals surface area contributed by atoms with E-state index in [1.54, 1.807) is 0 Å². The van der Waals surface area contributed by atoms with E-state index in [1.165, 1.54) is 24.7 Å². The molecule has 35 heavy (non-hydrogen) atoms. The molecule has 0 radical (unpaired) electrons. The van der Waals surface area contributed by atoms with Crippen molar-refractivity contribution in [2.24, 2.45) is 0 Å². The van der Waals surface area contributed by atoms with E-state index in [0.717, 1.165) is 10.8 Å². The zero-order valence-corrected chi connectivity index (χ0v) is 24.0. The van der Waals surface area contributed by atoms with E-state index in [1.807, 2.05) is 6.07 Å².